The minimum Gasteiger partial charge on any atom is -0.378 e. The molecule has 1 aromatic heterocycles. The summed E-state index contributed by atoms with van der Waals surface area (Å²) in [4.78, 5) is 19.1. The molecule has 2 fully saturated rings. The van der Waals surface area contributed by atoms with Crippen molar-refractivity contribution in [3.8, 4) is 0 Å². The van der Waals surface area contributed by atoms with Gasteiger partial charge in [0.05, 0.1) is 30.5 Å². The van der Waals surface area contributed by atoms with Gasteiger partial charge in [0.1, 0.15) is 5.82 Å². The normalized spacial score (nSPS) is 23.6. The molecule has 3 rings (SSSR count). The van der Waals surface area contributed by atoms with Gasteiger partial charge >= 0.3 is 0 Å². The molecule has 0 bridgehead atoms. The van der Waals surface area contributed by atoms with E-state index in [-0.39, 0.29) is 36.1 Å². The highest BCUT2D eigenvalue weighted by Gasteiger charge is 2.34. The highest BCUT2D eigenvalue weighted by molar-refractivity contribution is 5.95. The van der Waals surface area contributed by atoms with Gasteiger partial charge in [-0.3, -0.25) is 4.79 Å². The molecule has 2 aliphatic rings. The van der Waals surface area contributed by atoms with Gasteiger partial charge in [0.2, 0.25) is 5.91 Å². The molecule has 1 aromatic rings. The van der Waals surface area contributed by atoms with E-state index in [9.17, 15) is 4.79 Å². The van der Waals surface area contributed by atoms with Gasteiger partial charge in [-0.15, -0.1) is 24.8 Å². The SMILES string of the molecule is CC1(C(=O)Nc2ccc(N3CCOCC3)nc2)CCCNC1.Cl.Cl. The molecule has 2 aliphatic heterocycles. The first-order valence-electron chi connectivity index (χ1n) is 7.98. The third-order valence-electron chi connectivity index (χ3n) is 4.49. The molecule has 24 heavy (non-hydrogen) atoms. The van der Waals surface area contributed by atoms with E-state index in [1.54, 1.807) is 6.20 Å². The van der Waals surface area contributed by atoms with Gasteiger partial charge in [-0.25, -0.2) is 4.98 Å². The second-order valence-corrected chi connectivity index (χ2v) is 6.30. The Morgan fingerprint density at radius 1 is 1.33 bits per heavy atom. The molecule has 136 valence electrons. The largest absolute Gasteiger partial charge is 0.378 e. The zero-order valence-corrected chi connectivity index (χ0v) is 15.5. The summed E-state index contributed by atoms with van der Waals surface area (Å²) in [6.45, 7) is 6.96. The molecule has 3 heterocycles. The van der Waals surface area contributed by atoms with Crippen molar-refractivity contribution in [1.29, 1.82) is 0 Å². The van der Waals surface area contributed by atoms with Crippen LogP contribution in [-0.2, 0) is 9.53 Å². The van der Waals surface area contributed by atoms with Crippen LogP contribution in [0.15, 0.2) is 18.3 Å². The van der Waals surface area contributed by atoms with Crippen molar-refractivity contribution in [3.63, 3.8) is 0 Å². The third-order valence-corrected chi connectivity index (χ3v) is 4.49. The maximum absolute atomic E-state index is 12.5. The predicted molar refractivity (Wildman–Crippen MR) is 101 cm³/mol. The quantitative estimate of drug-likeness (QED) is 0.845. The molecule has 1 atom stereocenters. The zero-order valence-electron chi connectivity index (χ0n) is 13.9. The van der Waals surface area contributed by atoms with Crippen LogP contribution in [0.5, 0.6) is 0 Å². The first-order chi connectivity index (χ1) is 10.7. The summed E-state index contributed by atoms with van der Waals surface area (Å²) in [6.07, 6.45) is 3.70. The summed E-state index contributed by atoms with van der Waals surface area (Å²) in [7, 11) is 0. The second-order valence-electron chi connectivity index (χ2n) is 6.30. The Kier molecular flexibility index (Phi) is 8.22. The second kappa shape index (κ2) is 9.42. The molecule has 0 radical (unpaired) electrons. The van der Waals surface area contributed by atoms with Gasteiger partial charge in [0, 0.05) is 19.6 Å². The molecule has 0 spiro atoms. The van der Waals surface area contributed by atoms with Crippen LogP contribution in [0.25, 0.3) is 0 Å². The predicted octanol–water partition coefficient (Wildman–Crippen LogP) is 2.09. The van der Waals surface area contributed by atoms with E-state index in [2.05, 4.69) is 20.5 Å². The van der Waals surface area contributed by atoms with Crippen molar-refractivity contribution in [2.24, 2.45) is 5.41 Å². The summed E-state index contributed by atoms with van der Waals surface area (Å²) >= 11 is 0. The summed E-state index contributed by atoms with van der Waals surface area (Å²) in [5, 5.41) is 6.30. The number of hydrogen-bond donors (Lipinski definition) is 2. The van der Waals surface area contributed by atoms with E-state index < -0.39 is 0 Å². The number of carbonyl (C=O) groups excluding carboxylic acids is 1. The van der Waals surface area contributed by atoms with Gasteiger partial charge in [-0.1, -0.05) is 0 Å². The summed E-state index contributed by atoms with van der Waals surface area (Å²) in [5.41, 5.74) is 0.426. The van der Waals surface area contributed by atoms with Crippen molar-refractivity contribution in [3.05, 3.63) is 18.3 Å². The van der Waals surface area contributed by atoms with Crippen molar-refractivity contribution in [2.45, 2.75) is 19.8 Å². The van der Waals surface area contributed by atoms with Crippen molar-refractivity contribution in [1.82, 2.24) is 10.3 Å². The Balaban J connectivity index is 0.00000144. The van der Waals surface area contributed by atoms with Crippen LogP contribution in [0.2, 0.25) is 0 Å². The van der Waals surface area contributed by atoms with E-state index in [4.69, 9.17) is 4.74 Å². The van der Waals surface area contributed by atoms with Crippen molar-refractivity contribution < 1.29 is 9.53 Å². The average molecular weight is 377 g/mol. The van der Waals surface area contributed by atoms with Crippen LogP contribution >= 0.6 is 24.8 Å². The molecule has 8 heteroatoms. The number of anilines is 2. The lowest BCUT2D eigenvalue weighted by Gasteiger charge is -2.32. The number of hydrogen-bond acceptors (Lipinski definition) is 5. The highest BCUT2D eigenvalue weighted by atomic mass is 35.5. The fourth-order valence-corrected chi connectivity index (χ4v) is 2.97. The van der Waals surface area contributed by atoms with Crippen LogP contribution in [0.4, 0.5) is 11.5 Å². The number of pyridine rings is 1. The Labute approximate surface area is 155 Å². The number of morpholine rings is 1. The lowest BCUT2D eigenvalue weighted by atomic mass is 9.82. The Hall–Kier alpha value is -1.08. The van der Waals surface area contributed by atoms with Crippen LogP contribution in [-0.4, -0.2) is 50.3 Å². The number of nitrogens with zero attached hydrogens (tertiary/aromatic N) is 2. The van der Waals surface area contributed by atoms with Crippen molar-refractivity contribution in [2.75, 3.05) is 49.6 Å². The Morgan fingerprint density at radius 3 is 2.67 bits per heavy atom. The molecule has 1 unspecified atom stereocenters. The Morgan fingerprint density at radius 2 is 2.08 bits per heavy atom. The van der Waals surface area contributed by atoms with E-state index >= 15 is 0 Å². The van der Waals surface area contributed by atoms with Gasteiger partial charge in [-0.05, 0) is 38.4 Å². The first kappa shape index (κ1) is 21.0. The number of piperidine rings is 1. The fraction of sp³-hybridized carbons (Fsp3) is 0.625. The minimum atomic E-state index is -0.332. The zero-order chi connectivity index (χ0) is 15.4. The summed E-state index contributed by atoms with van der Waals surface area (Å²) < 4.78 is 5.34. The van der Waals surface area contributed by atoms with Gasteiger partial charge in [0.25, 0.3) is 0 Å². The van der Waals surface area contributed by atoms with Gasteiger partial charge in [-0.2, -0.15) is 0 Å². The standard InChI is InChI=1S/C16H24N4O2.2ClH/c1-16(5-2-6-17-12-16)15(21)19-13-3-4-14(18-11-13)20-7-9-22-10-8-20;;/h3-4,11,17H,2,5-10,12H2,1H3,(H,19,21);2*1H. The van der Waals surface area contributed by atoms with Crippen LogP contribution < -0.4 is 15.5 Å². The molecular weight excluding hydrogens is 351 g/mol. The topological polar surface area (TPSA) is 66.5 Å². The molecule has 2 N–H and O–H groups in total. The molecule has 0 aliphatic carbocycles. The number of amides is 1. The molecule has 2 saturated heterocycles. The molecule has 0 saturated carbocycles. The molecular formula is C16H26Cl2N4O2. The van der Waals surface area contributed by atoms with Crippen LogP contribution in [0, 0.1) is 5.41 Å². The van der Waals surface area contributed by atoms with Crippen LogP contribution in [0.1, 0.15) is 19.8 Å². The number of nitrogens with one attached hydrogen (secondary N) is 2. The maximum atomic E-state index is 12.5. The number of halogens is 2. The number of rotatable bonds is 3. The maximum Gasteiger partial charge on any atom is 0.231 e. The minimum absolute atomic E-state index is 0. The monoisotopic (exact) mass is 376 g/mol. The number of aromatic nitrogens is 1. The van der Waals surface area contributed by atoms with E-state index in [1.807, 2.05) is 19.1 Å². The lowest BCUT2D eigenvalue weighted by Crippen LogP contribution is -2.46. The third kappa shape index (κ3) is 4.96. The van der Waals surface area contributed by atoms with Crippen molar-refractivity contribution >= 4 is 42.2 Å². The lowest BCUT2D eigenvalue weighted by molar-refractivity contribution is -0.125. The van der Waals surface area contributed by atoms with Gasteiger partial charge < -0.3 is 20.3 Å². The number of carbonyl (C=O) groups is 1. The average Bonchev–Trinajstić information content (AvgIpc) is 2.57. The summed E-state index contributed by atoms with van der Waals surface area (Å²) in [5.74, 6) is 1.01. The van der Waals surface area contributed by atoms with E-state index in [1.165, 1.54) is 0 Å². The molecule has 1 amide bonds. The summed E-state index contributed by atoms with van der Waals surface area (Å²) in [6, 6.07) is 3.89. The smallest absolute Gasteiger partial charge is 0.231 e. The van der Waals surface area contributed by atoms with Crippen LogP contribution in [0.3, 0.4) is 0 Å². The Bertz CT molecular complexity index is 515. The van der Waals surface area contributed by atoms with E-state index in [0.717, 1.165) is 63.7 Å². The van der Waals surface area contributed by atoms with Gasteiger partial charge in [0.15, 0.2) is 0 Å². The highest BCUT2D eigenvalue weighted by Crippen LogP contribution is 2.27. The molecule has 0 aromatic carbocycles. The fourth-order valence-electron chi connectivity index (χ4n) is 2.97. The first-order valence-corrected chi connectivity index (χ1v) is 7.98. The number of ether oxygens (including phenoxy) is 1. The van der Waals surface area contributed by atoms with E-state index in [0.29, 0.717) is 0 Å². The molecule has 6 nitrogen and oxygen atoms in total.